The number of allylic oxidation sites excluding steroid dienone is 8. The van der Waals surface area contributed by atoms with E-state index < -0.39 is 29.9 Å². The molecular formula is C39H68O5. The lowest BCUT2D eigenvalue weighted by atomic mass is 9.82. The Morgan fingerprint density at radius 2 is 0.841 bits per heavy atom. The summed E-state index contributed by atoms with van der Waals surface area (Å²) in [5, 5.41) is 30.6. The smallest absolute Gasteiger partial charge is 0.209 e. The van der Waals surface area contributed by atoms with Gasteiger partial charge < -0.3 is 15.3 Å². The molecule has 0 spiro atoms. The summed E-state index contributed by atoms with van der Waals surface area (Å²) in [4.78, 5) is 25.7. The zero-order chi connectivity index (χ0) is 32.6. The van der Waals surface area contributed by atoms with Gasteiger partial charge in [0.15, 0.2) is 11.6 Å². The summed E-state index contributed by atoms with van der Waals surface area (Å²) in [7, 11) is 0. The molecule has 0 rings (SSSR count). The van der Waals surface area contributed by atoms with Crippen LogP contribution in [0.2, 0.25) is 0 Å². The molecule has 44 heavy (non-hydrogen) atoms. The number of carbonyl (C=O) groups excluding carboxylic acids is 2. The molecule has 1 unspecified atom stereocenters. The fourth-order valence-corrected chi connectivity index (χ4v) is 5.23. The van der Waals surface area contributed by atoms with E-state index in [2.05, 4.69) is 62.5 Å². The van der Waals surface area contributed by atoms with Gasteiger partial charge in [0.2, 0.25) is 5.60 Å². The minimum Gasteiger partial charge on any atom is -0.394 e. The maximum absolute atomic E-state index is 12.8. The summed E-state index contributed by atoms with van der Waals surface area (Å²) in [5.74, 6) is -1.34. The minimum atomic E-state index is -2.50. The lowest BCUT2D eigenvalue weighted by Crippen LogP contribution is -2.57. The molecule has 254 valence electrons. The van der Waals surface area contributed by atoms with Gasteiger partial charge in [-0.1, -0.05) is 127 Å². The van der Waals surface area contributed by atoms with Gasteiger partial charge in [0.1, 0.15) is 6.10 Å². The average molecular weight is 617 g/mol. The normalized spacial score (nSPS) is 13.3. The predicted molar refractivity (Wildman–Crippen MR) is 187 cm³/mol. The molecule has 0 saturated carbocycles. The second-order valence-corrected chi connectivity index (χ2v) is 12.3. The van der Waals surface area contributed by atoms with Gasteiger partial charge in [-0.05, 0) is 77.0 Å². The van der Waals surface area contributed by atoms with Gasteiger partial charge >= 0.3 is 0 Å². The largest absolute Gasteiger partial charge is 0.394 e. The first kappa shape index (κ1) is 42.2. The fourth-order valence-electron chi connectivity index (χ4n) is 5.23. The molecule has 0 radical (unpaired) electrons. The van der Waals surface area contributed by atoms with E-state index in [4.69, 9.17) is 0 Å². The van der Waals surface area contributed by atoms with Gasteiger partial charge in [-0.25, -0.2) is 0 Å². The van der Waals surface area contributed by atoms with E-state index in [1.165, 1.54) is 51.4 Å². The van der Waals surface area contributed by atoms with Crippen molar-refractivity contribution >= 4 is 11.6 Å². The van der Waals surface area contributed by atoms with Crippen LogP contribution in [-0.2, 0) is 9.59 Å². The Balaban J connectivity index is 4.09. The molecule has 0 aliphatic carbocycles. The van der Waals surface area contributed by atoms with E-state index in [1.807, 2.05) is 0 Å². The van der Waals surface area contributed by atoms with E-state index in [0.29, 0.717) is 12.8 Å². The van der Waals surface area contributed by atoms with Gasteiger partial charge in [-0.2, -0.15) is 0 Å². The highest BCUT2D eigenvalue weighted by Gasteiger charge is 2.48. The van der Waals surface area contributed by atoms with Crippen LogP contribution in [-0.4, -0.2) is 45.2 Å². The number of unbranched alkanes of at least 4 members (excludes halogenated alkanes) is 16. The standard InChI is InChI=1S/C39H68O5/c1-3-5-7-9-11-13-15-17-19-21-23-25-27-29-31-33-36(41)39(44,38(43)35-40)37(42)34-32-30-28-26-24-22-20-18-16-14-12-10-8-6-4-2/h11-14,17-20,38,40,43-44H,3-10,15-16,21-35H2,1-2H3/b13-11-,14-12-,19-17-,20-18-. The average Bonchev–Trinajstić information content (AvgIpc) is 3.03. The molecule has 3 N–H and O–H groups in total. The molecule has 5 nitrogen and oxygen atoms in total. The lowest BCUT2D eigenvalue weighted by Gasteiger charge is -2.29. The number of carbonyl (C=O) groups is 2. The Morgan fingerprint density at radius 3 is 1.18 bits per heavy atom. The van der Waals surface area contributed by atoms with E-state index in [1.54, 1.807) is 0 Å². The summed E-state index contributed by atoms with van der Waals surface area (Å²) >= 11 is 0. The Bertz CT molecular complexity index is 736. The van der Waals surface area contributed by atoms with Crippen molar-refractivity contribution in [3.63, 3.8) is 0 Å². The molecule has 0 fully saturated rings. The molecule has 0 aromatic carbocycles. The number of aliphatic hydroxyl groups is 3. The highest BCUT2D eigenvalue weighted by Crippen LogP contribution is 2.22. The first-order valence-electron chi connectivity index (χ1n) is 18.1. The molecular weight excluding hydrogens is 548 g/mol. The van der Waals surface area contributed by atoms with Crippen LogP contribution in [0.15, 0.2) is 48.6 Å². The number of ketones is 2. The number of rotatable bonds is 32. The Morgan fingerprint density at radius 1 is 0.523 bits per heavy atom. The second-order valence-electron chi connectivity index (χ2n) is 12.3. The highest BCUT2D eigenvalue weighted by atomic mass is 16.4. The van der Waals surface area contributed by atoms with Crippen molar-refractivity contribution in [1.82, 2.24) is 0 Å². The number of hydrogen-bond acceptors (Lipinski definition) is 5. The SMILES string of the molecule is CCCCC/C=C\C/C=C\CCCCCCCC(=O)C(O)(C(=O)CCCCCCC/C=C\C/C=C\CCCCC)C(O)CO. The van der Waals surface area contributed by atoms with Crippen LogP contribution >= 0.6 is 0 Å². The van der Waals surface area contributed by atoms with Crippen LogP contribution in [0.3, 0.4) is 0 Å². The Kier molecular flexibility index (Phi) is 29.9. The molecule has 1 atom stereocenters. The Labute approximate surface area is 271 Å². The molecule has 0 aliphatic heterocycles. The van der Waals surface area contributed by atoms with Gasteiger partial charge in [-0.3, -0.25) is 9.59 Å². The number of hydrogen-bond donors (Lipinski definition) is 3. The number of Topliss-reactive ketones (excluding diaryl/α,β-unsaturated/α-hetero) is 2. The molecule has 0 aromatic heterocycles. The van der Waals surface area contributed by atoms with E-state index in [9.17, 15) is 24.9 Å². The van der Waals surface area contributed by atoms with Crippen molar-refractivity contribution in [2.75, 3.05) is 6.61 Å². The van der Waals surface area contributed by atoms with E-state index in [0.717, 1.165) is 77.0 Å². The summed E-state index contributed by atoms with van der Waals surface area (Å²) in [5.41, 5.74) is -2.50. The van der Waals surface area contributed by atoms with E-state index >= 15 is 0 Å². The van der Waals surface area contributed by atoms with Gasteiger partial charge in [0.25, 0.3) is 0 Å². The minimum absolute atomic E-state index is 0.0337. The summed E-state index contributed by atoms with van der Waals surface area (Å²) < 4.78 is 0. The van der Waals surface area contributed by atoms with Crippen LogP contribution in [0.1, 0.15) is 168 Å². The van der Waals surface area contributed by atoms with Crippen molar-refractivity contribution < 1.29 is 24.9 Å². The molecule has 0 saturated heterocycles. The van der Waals surface area contributed by atoms with Crippen molar-refractivity contribution in [2.24, 2.45) is 0 Å². The zero-order valence-corrected chi connectivity index (χ0v) is 28.5. The van der Waals surface area contributed by atoms with Crippen LogP contribution in [0.4, 0.5) is 0 Å². The van der Waals surface area contributed by atoms with Gasteiger partial charge in [0.05, 0.1) is 6.61 Å². The quantitative estimate of drug-likeness (QED) is 0.0397. The Hall–Kier alpha value is -1.82. The van der Waals surface area contributed by atoms with Crippen LogP contribution in [0.5, 0.6) is 0 Å². The monoisotopic (exact) mass is 617 g/mol. The first-order chi connectivity index (χ1) is 21.4. The maximum atomic E-state index is 12.8. The zero-order valence-electron chi connectivity index (χ0n) is 28.5. The second kappa shape index (κ2) is 31.2. The third-order valence-corrected chi connectivity index (χ3v) is 8.21. The highest BCUT2D eigenvalue weighted by molar-refractivity contribution is 6.10. The fraction of sp³-hybridized carbons (Fsp3) is 0.744. The van der Waals surface area contributed by atoms with Crippen LogP contribution in [0.25, 0.3) is 0 Å². The van der Waals surface area contributed by atoms with Gasteiger partial charge in [-0.15, -0.1) is 0 Å². The summed E-state index contributed by atoms with van der Waals surface area (Å²) in [6, 6.07) is 0. The maximum Gasteiger partial charge on any atom is 0.209 e. The van der Waals surface area contributed by atoms with E-state index in [-0.39, 0.29) is 12.8 Å². The summed E-state index contributed by atoms with van der Waals surface area (Å²) in [6.45, 7) is 3.62. The molecule has 0 amide bonds. The lowest BCUT2D eigenvalue weighted by molar-refractivity contribution is -0.166. The summed E-state index contributed by atoms with van der Waals surface area (Å²) in [6.07, 6.45) is 39.4. The molecule has 0 bridgehead atoms. The number of aliphatic hydroxyl groups excluding tert-OH is 2. The molecule has 0 heterocycles. The van der Waals surface area contributed by atoms with Gasteiger partial charge in [0, 0.05) is 12.8 Å². The molecule has 0 aliphatic rings. The topological polar surface area (TPSA) is 94.8 Å². The van der Waals surface area contributed by atoms with Crippen LogP contribution < -0.4 is 0 Å². The van der Waals surface area contributed by atoms with Crippen molar-refractivity contribution in [1.29, 1.82) is 0 Å². The third-order valence-electron chi connectivity index (χ3n) is 8.21. The van der Waals surface area contributed by atoms with Crippen LogP contribution in [0, 0.1) is 0 Å². The van der Waals surface area contributed by atoms with Crippen molar-refractivity contribution in [2.45, 2.75) is 180 Å². The van der Waals surface area contributed by atoms with Crippen molar-refractivity contribution in [3.05, 3.63) is 48.6 Å². The third kappa shape index (κ3) is 22.7. The molecule has 5 heteroatoms. The first-order valence-corrected chi connectivity index (χ1v) is 18.1. The molecule has 0 aromatic rings. The predicted octanol–water partition coefficient (Wildman–Crippen LogP) is 9.84. The van der Waals surface area contributed by atoms with Crippen molar-refractivity contribution in [3.8, 4) is 0 Å².